The van der Waals surface area contributed by atoms with Gasteiger partial charge >= 0.3 is 5.97 Å². The van der Waals surface area contributed by atoms with Gasteiger partial charge in [-0.2, -0.15) is 0 Å². The average molecular weight is 294 g/mol. The fourth-order valence-corrected chi connectivity index (χ4v) is 2.58. The summed E-state index contributed by atoms with van der Waals surface area (Å²) >= 11 is 5.87. The standard InChI is InChI=1S/C15H16ClNO3/c1-9-8-10(16)6-7-13(9)17-14(18)11-4-2-3-5-12(11)15(19)20/h6-8H,2-5H2,1H3,(H,17,18)(H,19,20). The highest BCUT2D eigenvalue weighted by Gasteiger charge is 2.23. The van der Waals surface area contributed by atoms with Gasteiger partial charge < -0.3 is 10.4 Å². The molecule has 1 amide bonds. The van der Waals surface area contributed by atoms with Gasteiger partial charge in [0.2, 0.25) is 0 Å². The maximum absolute atomic E-state index is 12.3. The number of benzene rings is 1. The van der Waals surface area contributed by atoms with Crippen molar-refractivity contribution in [2.45, 2.75) is 32.6 Å². The monoisotopic (exact) mass is 293 g/mol. The normalized spacial score (nSPS) is 15.1. The van der Waals surface area contributed by atoms with Gasteiger partial charge in [-0.1, -0.05) is 11.6 Å². The molecule has 5 heteroatoms. The van der Waals surface area contributed by atoms with E-state index in [1.54, 1.807) is 18.2 Å². The molecular weight excluding hydrogens is 278 g/mol. The predicted molar refractivity (Wildman–Crippen MR) is 77.9 cm³/mol. The molecule has 0 atom stereocenters. The molecule has 2 rings (SSSR count). The van der Waals surface area contributed by atoms with E-state index in [0.717, 1.165) is 18.4 Å². The minimum Gasteiger partial charge on any atom is -0.478 e. The first-order chi connectivity index (χ1) is 9.49. The van der Waals surface area contributed by atoms with E-state index < -0.39 is 5.97 Å². The topological polar surface area (TPSA) is 66.4 Å². The van der Waals surface area contributed by atoms with Crippen molar-refractivity contribution < 1.29 is 14.7 Å². The molecule has 0 saturated heterocycles. The molecule has 1 aromatic carbocycles. The maximum Gasteiger partial charge on any atom is 0.332 e. The first kappa shape index (κ1) is 14.6. The Balaban J connectivity index is 2.24. The number of anilines is 1. The van der Waals surface area contributed by atoms with Crippen LogP contribution in [0.1, 0.15) is 31.2 Å². The summed E-state index contributed by atoms with van der Waals surface area (Å²) in [5.74, 6) is -1.32. The van der Waals surface area contributed by atoms with Gasteiger partial charge in [-0.15, -0.1) is 0 Å². The second-order valence-corrected chi connectivity index (χ2v) is 5.32. The lowest BCUT2D eigenvalue weighted by Crippen LogP contribution is -2.21. The van der Waals surface area contributed by atoms with E-state index >= 15 is 0 Å². The van der Waals surface area contributed by atoms with Crippen molar-refractivity contribution in [1.29, 1.82) is 0 Å². The highest BCUT2D eigenvalue weighted by atomic mass is 35.5. The third-order valence-electron chi connectivity index (χ3n) is 3.44. The summed E-state index contributed by atoms with van der Waals surface area (Å²) in [5.41, 5.74) is 2.12. The summed E-state index contributed by atoms with van der Waals surface area (Å²) in [5, 5.41) is 12.5. The van der Waals surface area contributed by atoms with Gasteiger partial charge in [-0.05, 0) is 56.4 Å². The third kappa shape index (κ3) is 3.20. The number of aryl methyl sites for hydroxylation is 1. The summed E-state index contributed by atoms with van der Waals surface area (Å²) < 4.78 is 0. The van der Waals surface area contributed by atoms with Crippen molar-refractivity contribution in [2.75, 3.05) is 5.32 Å². The zero-order valence-corrected chi connectivity index (χ0v) is 12.0. The molecule has 0 bridgehead atoms. The Labute approximate surface area is 122 Å². The number of carbonyl (C=O) groups excluding carboxylic acids is 1. The van der Waals surface area contributed by atoms with Crippen LogP contribution in [0.25, 0.3) is 0 Å². The van der Waals surface area contributed by atoms with Crippen molar-refractivity contribution >= 4 is 29.2 Å². The highest BCUT2D eigenvalue weighted by Crippen LogP contribution is 2.27. The molecule has 0 saturated carbocycles. The zero-order chi connectivity index (χ0) is 14.7. The Morgan fingerprint density at radius 1 is 1.20 bits per heavy atom. The molecule has 1 aliphatic carbocycles. The van der Waals surface area contributed by atoms with Crippen LogP contribution in [0, 0.1) is 6.92 Å². The summed E-state index contributed by atoms with van der Waals surface area (Å²) in [4.78, 5) is 23.4. The van der Waals surface area contributed by atoms with Crippen molar-refractivity contribution in [3.05, 3.63) is 39.9 Å². The molecule has 20 heavy (non-hydrogen) atoms. The minimum absolute atomic E-state index is 0.236. The fourth-order valence-electron chi connectivity index (χ4n) is 2.36. The number of aliphatic carboxylic acids is 1. The average Bonchev–Trinajstić information content (AvgIpc) is 2.41. The SMILES string of the molecule is Cc1cc(Cl)ccc1NC(=O)C1=C(C(=O)O)CCCC1. The number of carboxylic acids is 1. The van der Waals surface area contributed by atoms with Crippen LogP contribution in [0.4, 0.5) is 5.69 Å². The second kappa shape index (κ2) is 6.09. The van der Waals surface area contributed by atoms with Crippen molar-refractivity contribution in [2.24, 2.45) is 0 Å². The van der Waals surface area contributed by atoms with Crippen LogP contribution in [0.2, 0.25) is 5.02 Å². The number of rotatable bonds is 3. The number of carboxylic acid groups (broad SMARTS) is 1. The smallest absolute Gasteiger partial charge is 0.332 e. The predicted octanol–water partition coefficient (Wildman–Crippen LogP) is 3.54. The summed E-state index contributed by atoms with van der Waals surface area (Å²) in [6.07, 6.45) is 2.63. The van der Waals surface area contributed by atoms with Crippen LogP contribution in [0.15, 0.2) is 29.3 Å². The Hall–Kier alpha value is -1.81. The van der Waals surface area contributed by atoms with Gasteiger partial charge in [0.1, 0.15) is 0 Å². The fraction of sp³-hybridized carbons (Fsp3) is 0.333. The van der Waals surface area contributed by atoms with Gasteiger partial charge in [0.15, 0.2) is 0 Å². The van der Waals surface area contributed by atoms with Crippen LogP contribution in [-0.2, 0) is 9.59 Å². The van der Waals surface area contributed by atoms with Gasteiger partial charge in [-0.25, -0.2) is 4.79 Å². The summed E-state index contributed by atoms with van der Waals surface area (Å²) in [7, 11) is 0. The molecule has 0 radical (unpaired) electrons. The third-order valence-corrected chi connectivity index (χ3v) is 3.67. The zero-order valence-electron chi connectivity index (χ0n) is 11.2. The lowest BCUT2D eigenvalue weighted by molar-refractivity contribution is -0.133. The van der Waals surface area contributed by atoms with Crippen LogP contribution >= 0.6 is 11.6 Å². The first-order valence-electron chi connectivity index (χ1n) is 6.52. The Morgan fingerprint density at radius 2 is 1.85 bits per heavy atom. The van der Waals surface area contributed by atoms with E-state index in [1.165, 1.54) is 0 Å². The first-order valence-corrected chi connectivity index (χ1v) is 6.89. The van der Waals surface area contributed by atoms with Crippen molar-refractivity contribution in [1.82, 2.24) is 0 Å². The van der Waals surface area contributed by atoms with E-state index in [9.17, 15) is 9.59 Å². The van der Waals surface area contributed by atoms with Crippen LogP contribution in [0.5, 0.6) is 0 Å². The molecule has 2 N–H and O–H groups in total. The summed E-state index contributed by atoms with van der Waals surface area (Å²) in [6, 6.07) is 5.17. The molecule has 0 unspecified atom stereocenters. The number of nitrogens with one attached hydrogen (secondary N) is 1. The number of halogens is 1. The number of amides is 1. The minimum atomic E-state index is -0.998. The van der Waals surface area contributed by atoms with E-state index in [4.69, 9.17) is 16.7 Å². The lowest BCUT2D eigenvalue weighted by Gasteiger charge is -2.18. The molecular formula is C15H16ClNO3. The Morgan fingerprint density at radius 3 is 2.45 bits per heavy atom. The lowest BCUT2D eigenvalue weighted by atomic mass is 9.91. The van der Waals surface area contributed by atoms with Crippen LogP contribution < -0.4 is 5.32 Å². The molecule has 1 aromatic rings. The van der Waals surface area contributed by atoms with E-state index in [2.05, 4.69) is 5.32 Å². The maximum atomic E-state index is 12.3. The molecule has 0 heterocycles. The van der Waals surface area contributed by atoms with Gasteiger partial charge in [-0.3, -0.25) is 4.79 Å². The number of hydrogen-bond acceptors (Lipinski definition) is 2. The van der Waals surface area contributed by atoms with E-state index in [1.807, 2.05) is 6.92 Å². The van der Waals surface area contributed by atoms with E-state index in [0.29, 0.717) is 29.1 Å². The highest BCUT2D eigenvalue weighted by molar-refractivity contribution is 6.30. The largest absolute Gasteiger partial charge is 0.478 e. The molecule has 0 fully saturated rings. The van der Waals surface area contributed by atoms with Crippen molar-refractivity contribution in [3.8, 4) is 0 Å². The van der Waals surface area contributed by atoms with Crippen LogP contribution in [-0.4, -0.2) is 17.0 Å². The Kier molecular flexibility index (Phi) is 4.45. The molecule has 106 valence electrons. The van der Waals surface area contributed by atoms with Crippen molar-refractivity contribution in [3.63, 3.8) is 0 Å². The summed E-state index contributed by atoms with van der Waals surface area (Å²) in [6.45, 7) is 1.84. The number of carbonyl (C=O) groups is 2. The van der Waals surface area contributed by atoms with Gasteiger partial charge in [0.05, 0.1) is 0 Å². The number of hydrogen-bond donors (Lipinski definition) is 2. The Bertz CT molecular complexity index is 593. The van der Waals surface area contributed by atoms with E-state index in [-0.39, 0.29) is 11.5 Å². The molecule has 0 aliphatic heterocycles. The van der Waals surface area contributed by atoms with Crippen LogP contribution in [0.3, 0.4) is 0 Å². The van der Waals surface area contributed by atoms with Gasteiger partial charge in [0.25, 0.3) is 5.91 Å². The second-order valence-electron chi connectivity index (χ2n) is 4.88. The quantitative estimate of drug-likeness (QED) is 0.896. The van der Waals surface area contributed by atoms with Gasteiger partial charge in [0, 0.05) is 21.9 Å². The molecule has 0 aromatic heterocycles. The molecule has 0 spiro atoms. The molecule has 4 nitrogen and oxygen atoms in total. The molecule has 1 aliphatic rings.